The van der Waals surface area contributed by atoms with Crippen molar-refractivity contribution < 1.29 is 0 Å². The normalized spacial score (nSPS) is 11.9. The van der Waals surface area contributed by atoms with Gasteiger partial charge in [0, 0.05) is 0 Å². The van der Waals surface area contributed by atoms with Crippen LogP contribution in [0.25, 0.3) is 0 Å². The van der Waals surface area contributed by atoms with Crippen molar-refractivity contribution in [1.82, 2.24) is 0 Å². The SMILES string of the molecule is CC#CC(N)CC. The van der Waals surface area contributed by atoms with Gasteiger partial charge in [-0.15, -0.1) is 5.92 Å². The summed E-state index contributed by atoms with van der Waals surface area (Å²) in [5.74, 6) is 5.57. The topological polar surface area (TPSA) is 26.0 Å². The molecule has 0 aliphatic carbocycles. The van der Waals surface area contributed by atoms with Crippen LogP contribution in [0.4, 0.5) is 0 Å². The first kappa shape index (κ1) is 6.52. The Morgan fingerprint density at radius 2 is 2.29 bits per heavy atom. The highest BCUT2D eigenvalue weighted by atomic mass is 14.6. The highest BCUT2D eigenvalue weighted by molar-refractivity contribution is 5.03. The average molecular weight is 97.2 g/mol. The van der Waals surface area contributed by atoms with Gasteiger partial charge < -0.3 is 5.73 Å². The maximum atomic E-state index is 5.41. The Balaban J connectivity index is 3.29. The summed E-state index contributed by atoms with van der Waals surface area (Å²) in [4.78, 5) is 0. The second-order valence-electron chi connectivity index (χ2n) is 1.41. The summed E-state index contributed by atoms with van der Waals surface area (Å²) < 4.78 is 0. The molecule has 1 atom stereocenters. The Labute approximate surface area is 44.9 Å². The molecule has 0 heterocycles. The largest absolute Gasteiger partial charge is 0.318 e. The van der Waals surface area contributed by atoms with Gasteiger partial charge in [0.25, 0.3) is 0 Å². The maximum absolute atomic E-state index is 5.41. The number of hydrogen-bond donors (Lipinski definition) is 1. The van der Waals surface area contributed by atoms with Gasteiger partial charge in [-0.25, -0.2) is 0 Å². The van der Waals surface area contributed by atoms with Crippen LogP contribution in [0.15, 0.2) is 0 Å². The van der Waals surface area contributed by atoms with Gasteiger partial charge in [0.2, 0.25) is 0 Å². The van der Waals surface area contributed by atoms with E-state index in [0.29, 0.717) is 0 Å². The van der Waals surface area contributed by atoms with Gasteiger partial charge in [-0.3, -0.25) is 0 Å². The standard InChI is InChI=1S/C6H11N/c1-3-5-6(7)4-2/h6H,4,7H2,1-2H3. The lowest BCUT2D eigenvalue weighted by Crippen LogP contribution is -2.14. The molecule has 0 saturated heterocycles. The molecule has 0 spiro atoms. The lowest BCUT2D eigenvalue weighted by atomic mass is 10.2. The fourth-order valence-corrected chi connectivity index (χ4v) is 0.287. The first-order valence-electron chi connectivity index (χ1n) is 2.49. The Hall–Kier alpha value is -0.480. The Kier molecular flexibility index (Phi) is 3.45. The summed E-state index contributed by atoms with van der Waals surface area (Å²) in [6, 6.07) is 0.0880. The quantitative estimate of drug-likeness (QED) is 0.480. The van der Waals surface area contributed by atoms with Gasteiger partial charge in [-0.2, -0.15) is 0 Å². The summed E-state index contributed by atoms with van der Waals surface area (Å²) in [7, 11) is 0. The van der Waals surface area contributed by atoms with Crippen LogP contribution in [0, 0.1) is 11.8 Å². The third kappa shape index (κ3) is 3.35. The van der Waals surface area contributed by atoms with Crippen molar-refractivity contribution in [3.63, 3.8) is 0 Å². The molecule has 0 aliphatic heterocycles. The summed E-state index contributed by atoms with van der Waals surface area (Å²) in [5, 5.41) is 0. The fraction of sp³-hybridized carbons (Fsp3) is 0.667. The monoisotopic (exact) mass is 97.1 g/mol. The predicted molar refractivity (Wildman–Crippen MR) is 31.7 cm³/mol. The molecular weight excluding hydrogens is 86.1 g/mol. The van der Waals surface area contributed by atoms with Crippen molar-refractivity contribution >= 4 is 0 Å². The highest BCUT2D eigenvalue weighted by Gasteiger charge is 1.85. The van der Waals surface area contributed by atoms with E-state index in [-0.39, 0.29) is 6.04 Å². The molecule has 1 unspecified atom stereocenters. The van der Waals surface area contributed by atoms with E-state index in [1.807, 2.05) is 6.92 Å². The molecule has 0 aromatic heterocycles. The van der Waals surface area contributed by atoms with Crippen LogP contribution >= 0.6 is 0 Å². The van der Waals surface area contributed by atoms with Gasteiger partial charge >= 0.3 is 0 Å². The minimum Gasteiger partial charge on any atom is -0.318 e. The predicted octanol–water partition coefficient (Wildman–Crippen LogP) is 0.747. The van der Waals surface area contributed by atoms with Gasteiger partial charge in [-0.05, 0) is 13.3 Å². The van der Waals surface area contributed by atoms with E-state index in [1.165, 1.54) is 0 Å². The van der Waals surface area contributed by atoms with Crippen LogP contribution in [-0.2, 0) is 0 Å². The Morgan fingerprint density at radius 1 is 1.71 bits per heavy atom. The smallest absolute Gasteiger partial charge is 0.0661 e. The van der Waals surface area contributed by atoms with Crippen molar-refractivity contribution in [1.29, 1.82) is 0 Å². The van der Waals surface area contributed by atoms with Crippen LogP contribution in [0.2, 0.25) is 0 Å². The first-order valence-corrected chi connectivity index (χ1v) is 2.49. The van der Waals surface area contributed by atoms with E-state index < -0.39 is 0 Å². The number of nitrogens with two attached hydrogens (primary N) is 1. The molecule has 0 radical (unpaired) electrons. The molecule has 40 valence electrons. The summed E-state index contributed by atoms with van der Waals surface area (Å²) in [6.07, 6.45) is 0.945. The molecule has 0 saturated carbocycles. The lowest BCUT2D eigenvalue weighted by molar-refractivity contribution is 0.805. The Morgan fingerprint density at radius 3 is 2.43 bits per heavy atom. The zero-order chi connectivity index (χ0) is 5.70. The second kappa shape index (κ2) is 3.70. The van der Waals surface area contributed by atoms with Crippen molar-refractivity contribution in [2.45, 2.75) is 26.3 Å². The zero-order valence-corrected chi connectivity index (χ0v) is 4.86. The van der Waals surface area contributed by atoms with Crippen molar-refractivity contribution in [2.75, 3.05) is 0 Å². The molecular formula is C6H11N. The molecule has 7 heavy (non-hydrogen) atoms. The third-order valence-electron chi connectivity index (χ3n) is 0.770. The van der Waals surface area contributed by atoms with E-state index >= 15 is 0 Å². The molecule has 2 N–H and O–H groups in total. The number of rotatable bonds is 1. The minimum atomic E-state index is 0.0880. The third-order valence-corrected chi connectivity index (χ3v) is 0.770. The van der Waals surface area contributed by atoms with Crippen LogP contribution in [0.1, 0.15) is 20.3 Å². The molecule has 0 aromatic rings. The summed E-state index contributed by atoms with van der Waals surface area (Å²) in [6.45, 7) is 3.82. The average Bonchev–Trinajstić information content (AvgIpc) is 1.68. The molecule has 0 rings (SSSR count). The van der Waals surface area contributed by atoms with Crippen LogP contribution in [-0.4, -0.2) is 6.04 Å². The van der Waals surface area contributed by atoms with Crippen molar-refractivity contribution in [2.24, 2.45) is 5.73 Å². The van der Waals surface area contributed by atoms with Crippen molar-refractivity contribution in [3.8, 4) is 11.8 Å². The zero-order valence-electron chi connectivity index (χ0n) is 4.86. The van der Waals surface area contributed by atoms with E-state index in [4.69, 9.17) is 5.73 Å². The number of hydrogen-bond acceptors (Lipinski definition) is 1. The summed E-state index contributed by atoms with van der Waals surface area (Å²) >= 11 is 0. The van der Waals surface area contributed by atoms with Gasteiger partial charge in [0.05, 0.1) is 6.04 Å². The van der Waals surface area contributed by atoms with Crippen LogP contribution in [0.3, 0.4) is 0 Å². The van der Waals surface area contributed by atoms with E-state index in [2.05, 4.69) is 11.8 Å². The summed E-state index contributed by atoms with van der Waals surface area (Å²) in [5.41, 5.74) is 5.41. The van der Waals surface area contributed by atoms with Crippen LogP contribution in [0.5, 0.6) is 0 Å². The van der Waals surface area contributed by atoms with E-state index in [9.17, 15) is 0 Å². The van der Waals surface area contributed by atoms with E-state index in [1.54, 1.807) is 6.92 Å². The molecule has 1 nitrogen and oxygen atoms in total. The van der Waals surface area contributed by atoms with Gasteiger partial charge in [-0.1, -0.05) is 12.8 Å². The Bertz CT molecular complexity index is 86.1. The van der Waals surface area contributed by atoms with Gasteiger partial charge in [0.15, 0.2) is 0 Å². The van der Waals surface area contributed by atoms with Gasteiger partial charge in [0.1, 0.15) is 0 Å². The second-order valence-corrected chi connectivity index (χ2v) is 1.41. The molecule has 0 bridgehead atoms. The molecule has 0 aromatic carbocycles. The van der Waals surface area contributed by atoms with E-state index in [0.717, 1.165) is 6.42 Å². The van der Waals surface area contributed by atoms with Crippen LogP contribution < -0.4 is 5.73 Å². The molecule has 0 amide bonds. The fourth-order valence-electron chi connectivity index (χ4n) is 0.287. The lowest BCUT2D eigenvalue weighted by Gasteiger charge is -1.92. The molecule has 0 fully saturated rings. The maximum Gasteiger partial charge on any atom is 0.0661 e. The minimum absolute atomic E-state index is 0.0880. The van der Waals surface area contributed by atoms with Crippen molar-refractivity contribution in [3.05, 3.63) is 0 Å². The molecule has 1 heteroatoms. The molecule has 0 aliphatic rings. The highest BCUT2D eigenvalue weighted by Crippen LogP contribution is 1.79. The first-order chi connectivity index (χ1) is 3.31.